The van der Waals surface area contributed by atoms with Gasteiger partial charge in [-0.15, -0.1) is 0 Å². The number of carbonyl (C=O) groups is 2. The van der Waals surface area contributed by atoms with Crippen molar-refractivity contribution in [2.24, 2.45) is 41.4 Å². The lowest BCUT2D eigenvalue weighted by atomic mass is 9.77. The maximum absolute atomic E-state index is 12.6. The van der Waals surface area contributed by atoms with Gasteiger partial charge < -0.3 is 117 Å². The smallest absolute Gasteiger partial charge is 0.261 e. The second-order valence-electron chi connectivity index (χ2n) is 26.4. The van der Waals surface area contributed by atoms with E-state index in [1.165, 1.54) is 46.6 Å². The molecule has 0 aromatic carbocycles. The van der Waals surface area contributed by atoms with Gasteiger partial charge in [0, 0.05) is 55.9 Å². The third-order valence-corrected chi connectivity index (χ3v) is 18.8. The van der Waals surface area contributed by atoms with Crippen molar-refractivity contribution < 1.29 is 122 Å². The minimum absolute atomic E-state index is 0.112. The summed E-state index contributed by atoms with van der Waals surface area (Å²) >= 11 is 0. The fourth-order valence-corrected chi connectivity index (χ4v) is 12.3. The van der Waals surface area contributed by atoms with Crippen LogP contribution in [-0.4, -0.2) is 265 Å². The number of unbranched alkanes of at least 4 members (excludes halogenated alkanes) is 6. The molecule has 2 rings (SSSR count). The van der Waals surface area contributed by atoms with Crippen LogP contribution in [-0.2, 0) is 14.3 Å². The Bertz CT molecular complexity index is 2050. The first-order valence-electron chi connectivity index (χ1n) is 31.5. The van der Waals surface area contributed by atoms with Crippen LogP contribution in [0.5, 0.6) is 0 Å². The predicted octanol–water partition coefficient (Wildman–Crippen LogP) is -1.17. The van der Waals surface area contributed by atoms with E-state index >= 15 is 0 Å². The number of hydrogen-bond acceptors (Lipinski definition) is 24. The van der Waals surface area contributed by atoms with Crippen molar-refractivity contribution in [2.45, 2.75) is 306 Å². The topological polar surface area (TPSA) is 471 Å². The van der Waals surface area contributed by atoms with E-state index in [1.807, 2.05) is 13.8 Å². The van der Waals surface area contributed by atoms with E-state index in [1.54, 1.807) is 19.9 Å². The zero-order valence-electron chi connectivity index (χ0n) is 53.1. The zero-order valence-corrected chi connectivity index (χ0v) is 53.1. The largest absolute Gasteiger partial charge is 0.507 e. The molecule has 25 nitrogen and oxygen atoms in total. The number of rotatable bonds is 41. The number of ketones is 1. The molecule has 0 saturated carbocycles. The summed E-state index contributed by atoms with van der Waals surface area (Å²) in [6, 6.07) is -0.694. The van der Waals surface area contributed by atoms with E-state index in [-0.39, 0.29) is 36.7 Å². The van der Waals surface area contributed by atoms with Crippen LogP contribution in [0, 0.1) is 41.4 Å². The van der Waals surface area contributed by atoms with Gasteiger partial charge in [0.05, 0.1) is 91.5 Å². The van der Waals surface area contributed by atoms with Crippen LogP contribution in [0.4, 0.5) is 0 Å². The highest BCUT2D eigenvalue weighted by molar-refractivity contribution is 6.26. The van der Waals surface area contributed by atoms with Crippen LogP contribution in [0.25, 0.3) is 0 Å². The van der Waals surface area contributed by atoms with Gasteiger partial charge in [-0.3, -0.25) is 9.59 Å². The van der Waals surface area contributed by atoms with Gasteiger partial charge in [-0.1, -0.05) is 106 Å². The number of likely N-dealkylation sites (tertiary alicyclic amines) is 1. The summed E-state index contributed by atoms with van der Waals surface area (Å²) in [4.78, 5) is 26.4. The number of aliphatic hydroxyl groups excluding tert-OH is 20. The molecule has 0 bridgehead atoms. The summed E-state index contributed by atoms with van der Waals surface area (Å²) in [5.41, 5.74) is 0.0730. The molecule has 2 fully saturated rings. The van der Waals surface area contributed by atoms with Crippen molar-refractivity contribution in [1.82, 2.24) is 4.90 Å². The van der Waals surface area contributed by atoms with E-state index in [0.717, 1.165) is 38.5 Å². The van der Waals surface area contributed by atoms with Crippen molar-refractivity contribution in [3.05, 3.63) is 23.0 Å². The molecule has 24 unspecified atom stereocenters. The number of carbonyl (C=O) groups excluding carboxylic acids is 2. The Kier molecular flexibility index (Phi) is 34.6. The second kappa shape index (κ2) is 37.3. The fourth-order valence-electron chi connectivity index (χ4n) is 12.3. The maximum Gasteiger partial charge on any atom is 0.261 e. The summed E-state index contributed by atoms with van der Waals surface area (Å²) < 4.78 is 5.50. The maximum atomic E-state index is 12.6. The van der Waals surface area contributed by atoms with Crippen LogP contribution in [0.15, 0.2) is 23.0 Å². The van der Waals surface area contributed by atoms with E-state index < -0.39 is 213 Å². The summed E-state index contributed by atoms with van der Waals surface area (Å²) in [5, 5.41) is 229. The minimum atomic E-state index is -2.59. The molecule has 0 aromatic rings. The van der Waals surface area contributed by atoms with Crippen molar-refractivity contribution in [2.75, 3.05) is 7.05 Å². The van der Waals surface area contributed by atoms with Crippen molar-refractivity contribution in [3.63, 3.8) is 0 Å². The Morgan fingerprint density at radius 2 is 0.989 bits per heavy atom. The van der Waals surface area contributed by atoms with Crippen LogP contribution in [0.1, 0.15) is 172 Å². The molecule has 1 amide bonds. The van der Waals surface area contributed by atoms with Gasteiger partial charge in [0.25, 0.3) is 5.91 Å². The number of ether oxygens (including phenoxy) is 1. The van der Waals surface area contributed by atoms with Crippen molar-refractivity contribution >= 4 is 11.7 Å². The number of hydrogen-bond donors (Lipinski definition) is 21. The molecule has 21 N–H and O–H groups in total. The monoisotopic (exact) mass is 1260 g/mol. The standard InChI is InChI=1S/C62H115NO24/c1-12-13-14-15-16-17-18-19-38(64)28-62(86)60(84)59(83)57(81)47(87-62)27-46(72)56(80)58(82)55(79)45(71)25-40(66)23-39(65)24-41(67)32(5)50(74)33(6)42(68)26-43(69)34(7)51(75)35(8)52(76)36(9)53(77)44(70)22-30(3)20-29(2)21-31(4)49(73)48-54(78)37(10)63(11)61(48)85/h21,29-30,32-47,50-53,55-60,64-77,79-84,86H,12-20,22-28H2,1-11H3/b31-21-,49-48+/t29?,30?,32?,33?,34?,35?,36?,37?,38?,39?,40?,41?,42?,43?,44?,45?,46?,47-,50?,51?,52?,53?,55?,56?,57-,58?,59+,60+,62+/m0/s1. The third kappa shape index (κ3) is 23.3. The molecule has 2 saturated heterocycles. The number of likely N-dealkylation sites (N-methyl/N-ethyl adjacent to an activating group) is 1. The van der Waals surface area contributed by atoms with Crippen LogP contribution >= 0.6 is 0 Å². The molecular weight excluding hydrogens is 1140 g/mol. The van der Waals surface area contributed by atoms with Gasteiger partial charge in [0.2, 0.25) is 0 Å². The highest BCUT2D eigenvalue weighted by atomic mass is 16.7. The van der Waals surface area contributed by atoms with Gasteiger partial charge in [-0.05, 0) is 69.8 Å². The summed E-state index contributed by atoms with van der Waals surface area (Å²) in [6.45, 7) is 16.3. The second-order valence-corrected chi connectivity index (χ2v) is 26.4. The normalized spacial score (nSPS) is 29.4. The summed E-state index contributed by atoms with van der Waals surface area (Å²) in [6.07, 6.45) is -28.2. The third-order valence-electron chi connectivity index (χ3n) is 18.8. The van der Waals surface area contributed by atoms with Gasteiger partial charge in [-0.2, -0.15) is 0 Å². The summed E-state index contributed by atoms with van der Waals surface area (Å²) in [5.74, 6) is -9.32. The predicted molar refractivity (Wildman–Crippen MR) is 318 cm³/mol. The molecule has 29 atom stereocenters. The molecular formula is C62H115NO24. The van der Waals surface area contributed by atoms with Crippen LogP contribution in [0.3, 0.4) is 0 Å². The molecule has 0 aromatic heterocycles. The molecule has 2 aliphatic heterocycles. The van der Waals surface area contributed by atoms with Gasteiger partial charge in [-0.25, -0.2) is 0 Å². The lowest BCUT2D eigenvalue weighted by molar-refractivity contribution is -0.356. The SMILES string of the molecule is CCCCCCCCCC(O)C[C@@]1(O)O[C@@H](CC(O)C(O)C(O)C(O)C(O)CC(O)CC(O)CC(O)C(C)C(O)C(C)C(O)CC(O)C(C)C(O)C(C)C(O)C(C)C(O)C(O)CC(C)CC(C)/C=C(C)\C(O)=C2\C(=O)C(C)N(C)C2=O)[C@H](O)[C@@H](O)[C@H]1O. The molecule has 25 heteroatoms. The number of Topliss-reactive ketones (excluding diaryl/α,β-unsaturated/α-hetero) is 1. The highest BCUT2D eigenvalue weighted by Gasteiger charge is 2.54. The minimum Gasteiger partial charge on any atom is -0.507 e. The zero-order chi connectivity index (χ0) is 66.9. The van der Waals surface area contributed by atoms with E-state index in [2.05, 4.69) is 6.92 Å². The molecule has 2 aliphatic rings. The van der Waals surface area contributed by atoms with Crippen LogP contribution in [0.2, 0.25) is 0 Å². The van der Waals surface area contributed by atoms with Gasteiger partial charge >= 0.3 is 0 Å². The van der Waals surface area contributed by atoms with E-state index in [9.17, 15) is 117 Å². The lowest BCUT2D eigenvalue weighted by Gasteiger charge is -2.47. The Morgan fingerprint density at radius 3 is 1.51 bits per heavy atom. The fraction of sp³-hybridized carbons (Fsp3) is 0.903. The Balaban J connectivity index is 1.88. The first kappa shape index (κ1) is 80.7. The molecule has 2 heterocycles. The molecule has 512 valence electrons. The van der Waals surface area contributed by atoms with Crippen molar-refractivity contribution in [3.8, 4) is 0 Å². The number of aliphatic hydroxyl groups is 21. The van der Waals surface area contributed by atoms with Gasteiger partial charge in [0.15, 0.2) is 11.6 Å². The molecule has 0 aliphatic carbocycles. The van der Waals surface area contributed by atoms with Gasteiger partial charge in [0.1, 0.15) is 48.0 Å². The van der Waals surface area contributed by atoms with E-state index in [4.69, 9.17) is 4.74 Å². The summed E-state index contributed by atoms with van der Waals surface area (Å²) in [7, 11) is 1.48. The quantitative estimate of drug-likeness (QED) is 0.0148. The van der Waals surface area contributed by atoms with E-state index in [0.29, 0.717) is 18.4 Å². The average molecular weight is 1260 g/mol. The first-order valence-corrected chi connectivity index (χ1v) is 31.5. The van der Waals surface area contributed by atoms with Crippen molar-refractivity contribution in [1.29, 1.82) is 0 Å². The highest BCUT2D eigenvalue weighted by Crippen LogP contribution is 2.36. The Morgan fingerprint density at radius 1 is 0.540 bits per heavy atom. The number of amides is 1. The number of allylic oxidation sites excluding steroid dienone is 2. The Hall–Kier alpha value is -2.42. The Labute approximate surface area is 513 Å². The average Bonchev–Trinajstić information content (AvgIpc) is 2.13. The number of nitrogens with zero attached hydrogens (tertiary/aromatic N) is 1. The molecule has 0 radical (unpaired) electrons. The lowest BCUT2D eigenvalue weighted by Crippen LogP contribution is -2.65. The molecule has 87 heavy (non-hydrogen) atoms. The molecule has 0 spiro atoms. The van der Waals surface area contributed by atoms with Crippen LogP contribution < -0.4 is 0 Å². The first-order chi connectivity index (χ1) is 40.3.